The molecule has 1 saturated carbocycles. The number of ether oxygens (including phenoxy) is 1. The molecule has 170 valence electrons. The largest absolute Gasteiger partial charge is 0.490 e. The lowest BCUT2D eigenvalue weighted by Gasteiger charge is -2.36. The molecule has 1 saturated heterocycles. The van der Waals surface area contributed by atoms with E-state index in [2.05, 4.69) is 15.1 Å². The average Bonchev–Trinajstić information content (AvgIpc) is 3.60. The second-order valence-corrected chi connectivity index (χ2v) is 9.52. The number of anilines is 2. The van der Waals surface area contributed by atoms with E-state index in [-0.39, 0.29) is 23.5 Å². The first-order chi connectivity index (χ1) is 15.5. The van der Waals surface area contributed by atoms with E-state index in [4.69, 9.17) is 27.9 Å². The smallest absolute Gasteiger partial charge is 0.228 e. The quantitative estimate of drug-likeness (QED) is 0.558. The summed E-state index contributed by atoms with van der Waals surface area (Å²) in [6, 6.07) is 9.33. The molecule has 2 fully saturated rings. The molecule has 5 rings (SSSR count). The highest BCUT2D eigenvalue weighted by molar-refractivity contribution is 6.43. The van der Waals surface area contributed by atoms with Crippen LogP contribution in [0, 0.1) is 11.7 Å². The van der Waals surface area contributed by atoms with Crippen LogP contribution in [0.15, 0.2) is 30.3 Å². The zero-order chi connectivity index (χ0) is 22.2. The molecule has 1 amide bonds. The van der Waals surface area contributed by atoms with Crippen LogP contribution in [-0.2, 0) is 4.79 Å². The van der Waals surface area contributed by atoms with Crippen LogP contribution >= 0.6 is 23.2 Å². The minimum atomic E-state index is -0.447. The average molecular weight is 478 g/mol. The number of piperazine rings is 1. The van der Waals surface area contributed by atoms with Crippen molar-refractivity contribution < 1.29 is 13.9 Å². The van der Waals surface area contributed by atoms with E-state index in [0.717, 1.165) is 63.2 Å². The number of hydrogen-bond acceptors (Lipinski definition) is 4. The Morgan fingerprint density at radius 2 is 1.88 bits per heavy atom. The van der Waals surface area contributed by atoms with Gasteiger partial charge in [0.25, 0.3) is 0 Å². The van der Waals surface area contributed by atoms with Gasteiger partial charge in [0.1, 0.15) is 0 Å². The number of carbonyl (C=O) groups is 1. The topological polar surface area (TPSA) is 44.8 Å². The van der Waals surface area contributed by atoms with E-state index < -0.39 is 5.82 Å². The highest BCUT2D eigenvalue weighted by Crippen LogP contribution is 2.54. The summed E-state index contributed by atoms with van der Waals surface area (Å²) < 4.78 is 20.5. The summed E-state index contributed by atoms with van der Waals surface area (Å²) in [4.78, 5) is 16.6. The van der Waals surface area contributed by atoms with Gasteiger partial charge >= 0.3 is 0 Å². The van der Waals surface area contributed by atoms with Crippen molar-refractivity contribution in [3.8, 4) is 5.75 Å². The van der Waals surface area contributed by atoms with E-state index in [1.165, 1.54) is 0 Å². The third kappa shape index (κ3) is 4.28. The van der Waals surface area contributed by atoms with Crippen LogP contribution in [0.25, 0.3) is 0 Å². The van der Waals surface area contributed by atoms with Gasteiger partial charge in [-0.25, -0.2) is 4.39 Å². The second-order valence-electron chi connectivity index (χ2n) is 8.74. The van der Waals surface area contributed by atoms with E-state index in [1.54, 1.807) is 12.1 Å². The highest BCUT2D eigenvalue weighted by atomic mass is 35.5. The molecule has 1 N–H and O–H groups in total. The molecule has 0 aromatic heterocycles. The molecule has 2 aromatic carbocycles. The molecule has 2 atom stereocenters. The van der Waals surface area contributed by atoms with Crippen molar-refractivity contribution in [1.82, 2.24) is 4.90 Å². The van der Waals surface area contributed by atoms with Gasteiger partial charge in [-0.2, -0.15) is 0 Å². The summed E-state index contributed by atoms with van der Waals surface area (Å²) in [6.07, 6.45) is 2.64. The van der Waals surface area contributed by atoms with Crippen LogP contribution in [0.4, 0.5) is 15.8 Å². The zero-order valence-corrected chi connectivity index (χ0v) is 19.3. The lowest BCUT2D eigenvalue weighted by molar-refractivity contribution is -0.117. The minimum absolute atomic E-state index is 0.0259. The molecule has 2 aromatic rings. The van der Waals surface area contributed by atoms with Crippen LogP contribution in [0.2, 0.25) is 10.0 Å². The Balaban J connectivity index is 1.05. The fraction of sp³-hybridized carbons (Fsp3) is 0.458. The summed E-state index contributed by atoms with van der Waals surface area (Å²) in [6.45, 7) is 5.17. The molecular weight excluding hydrogens is 452 g/mol. The highest BCUT2D eigenvalue weighted by Gasteiger charge is 2.49. The van der Waals surface area contributed by atoms with Crippen molar-refractivity contribution in [2.24, 2.45) is 5.92 Å². The summed E-state index contributed by atoms with van der Waals surface area (Å²) >= 11 is 12.5. The molecule has 32 heavy (non-hydrogen) atoms. The number of carbonyl (C=O) groups excluding carboxylic acids is 1. The standard InChI is InChI=1S/C24H26Cl2FN3O2/c25-18-4-3-5-19(21(18)26)30-11-9-29(10-12-30)8-1-2-13-32-20-7-6-15-16-14-17(16)24(31)28-23(15)22(20)27/h3-7,16-17H,1-2,8-14H2,(H,28,31). The summed E-state index contributed by atoms with van der Waals surface area (Å²) in [7, 11) is 0. The predicted molar refractivity (Wildman–Crippen MR) is 126 cm³/mol. The summed E-state index contributed by atoms with van der Waals surface area (Å²) in [5, 5.41) is 3.91. The van der Waals surface area contributed by atoms with Gasteiger partial charge in [-0.1, -0.05) is 35.3 Å². The molecule has 2 heterocycles. The van der Waals surface area contributed by atoms with Crippen molar-refractivity contribution in [3.63, 3.8) is 0 Å². The molecule has 0 bridgehead atoms. The van der Waals surface area contributed by atoms with Crippen molar-refractivity contribution in [2.75, 3.05) is 49.5 Å². The molecule has 1 aliphatic carbocycles. The van der Waals surface area contributed by atoms with Gasteiger partial charge in [0.2, 0.25) is 5.91 Å². The summed E-state index contributed by atoms with van der Waals surface area (Å²) in [5.41, 5.74) is 2.20. The zero-order valence-electron chi connectivity index (χ0n) is 17.8. The van der Waals surface area contributed by atoms with E-state index in [0.29, 0.717) is 22.3 Å². The molecule has 0 spiro atoms. The number of halogens is 3. The lowest BCUT2D eigenvalue weighted by Crippen LogP contribution is -2.46. The van der Waals surface area contributed by atoms with Crippen molar-refractivity contribution >= 4 is 40.5 Å². The van der Waals surface area contributed by atoms with Crippen molar-refractivity contribution in [1.29, 1.82) is 0 Å². The number of unbranched alkanes of at least 4 members (excludes halogenated alkanes) is 1. The lowest BCUT2D eigenvalue weighted by atomic mass is 10.0. The summed E-state index contributed by atoms with van der Waals surface area (Å²) in [5.74, 6) is -0.0980. The molecule has 8 heteroatoms. The maximum Gasteiger partial charge on any atom is 0.228 e. The molecule has 2 unspecified atom stereocenters. The van der Waals surface area contributed by atoms with Crippen molar-refractivity contribution in [2.45, 2.75) is 25.2 Å². The van der Waals surface area contributed by atoms with Gasteiger partial charge in [0, 0.05) is 32.1 Å². The number of hydrogen-bond donors (Lipinski definition) is 1. The van der Waals surface area contributed by atoms with Crippen LogP contribution in [0.3, 0.4) is 0 Å². The van der Waals surface area contributed by atoms with Gasteiger partial charge in [-0.15, -0.1) is 0 Å². The fourth-order valence-electron chi connectivity index (χ4n) is 4.73. The van der Waals surface area contributed by atoms with Crippen molar-refractivity contribution in [3.05, 3.63) is 51.8 Å². The minimum Gasteiger partial charge on any atom is -0.490 e. The number of rotatable bonds is 7. The third-order valence-corrected chi connectivity index (χ3v) is 7.49. The predicted octanol–water partition coefficient (Wildman–Crippen LogP) is 5.17. The number of fused-ring (bicyclic) bond motifs is 3. The monoisotopic (exact) mass is 477 g/mol. The molecule has 5 nitrogen and oxygen atoms in total. The second kappa shape index (κ2) is 9.08. The fourth-order valence-corrected chi connectivity index (χ4v) is 5.15. The number of amides is 1. The number of nitrogens with one attached hydrogen (secondary N) is 1. The van der Waals surface area contributed by atoms with Gasteiger partial charge in [-0.05, 0) is 55.5 Å². The molecule has 2 aliphatic heterocycles. The van der Waals surface area contributed by atoms with E-state index >= 15 is 0 Å². The van der Waals surface area contributed by atoms with E-state index in [1.807, 2.05) is 18.2 Å². The third-order valence-electron chi connectivity index (χ3n) is 6.68. The number of benzene rings is 2. The first-order valence-electron chi connectivity index (χ1n) is 11.2. The molecule has 0 radical (unpaired) electrons. The van der Waals surface area contributed by atoms with Crippen LogP contribution in [0.1, 0.15) is 30.7 Å². The van der Waals surface area contributed by atoms with E-state index in [9.17, 15) is 9.18 Å². The molecule has 3 aliphatic rings. The Hall–Kier alpha value is -2.02. The Bertz CT molecular complexity index is 1030. The normalized spacial score (nSPS) is 22.2. The Labute approximate surface area is 197 Å². The Morgan fingerprint density at radius 3 is 2.69 bits per heavy atom. The van der Waals surface area contributed by atoms with Gasteiger partial charge in [0.05, 0.1) is 28.0 Å². The Morgan fingerprint density at radius 1 is 1.06 bits per heavy atom. The first-order valence-corrected chi connectivity index (χ1v) is 12.0. The Kier molecular flexibility index (Phi) is 6.19. The van der Waals surface area contributed by atoms with Crippen LogP contribution in [-0.4, -0.2) is 50.1 Å². The van der Waals surface area contributed by atoms with Gasteiger partial charge in [0.15, 0.2) is 11.6 Å². The van der Waals surface area contributed by atoms with Crippen LogP contribution < -0.4 is 15.0 Å². The molecular formula is C24H26Cl2FN3O2. The number of nitrogens with zero attached hydrogens (tertiary/aromatic N) is 2. The van der Waals surface area contributed by atoms with Gasteiger partial charge in [-0.3, -0.25) is 9.69 Å². The SMILES string of the molecule is O=C1Nc2c(ccc(OCCCCN3CCN(c4cccc(Cl)c4Cl)CC3)c2F)C2CC12. The van der Waals surface area contributed by atoms with Gasteiger partial charge < -0.3 is 15.0 Å². The first kappa shape index (κ1) is 21.8. The van der Waals surface area contributed by atoms with Crippen LogP contribution in [0.5, 0.6) is 5.75 Å². The maximum atomic E-state index is 14.8. The maximum absolute atomic E-state index is 14.8.